The highest BCUT2D eigenvalue weighted by Gasteiger charge is 2.07. The van der Waals surface area contributed by atoms with Crippen molar-refractivity contribution in [3.63, 3.8) is 0 Å². The second-order valence-electron chi connectivity index (χ2n) is 4.72. The van der Waals surface area contributed by atoms with Crippen LogP contribution in [0.4, 0.5) is 17.1 Å². The number of anilines is 3. The van der Waals surface area contributed by atoms with E-state index in [0.29, 0.717) is 13.2 Å². The summed E-state index contributed by atoms with van der Waals surface area (Å²) in [5, 5.41) is 3.36. The number of nitrogens with one attached hydrogen (secondary N) is 1. The minimum atomic E-state index is 0.615. The molecule has 0 unspecified atom stereocenters. The van der Waals surface area contributed by atoms with Crippen LogP contribution in [0.2, 0.25) is 0 Å². The molecule has 0 saturated heterocycles. The maximum absolute atomic E-state index is 5.85. The van der Waals surface area contributed by atoms with Gasteiger partial charge >= 0.3 is 0 Å². The normalized spacial score (nSPS) is 10.2. The molecule has 0 saturated carbocycles. The highest BCUT2D eigenvalue weighted by atomic mass is 16.5. The summed E-state index contributed by atoms with van der Waals surface area (Å²) in [4.78, 5) is 0. The number of nitrogen functional groups attached to an aromatic ring is 1. The number of rotatable bonds is 6. The lowest BCUT2D eigenvalue weighted by Crippen LogP contribution is -2.00. The van der Waals surface area contributed by atoms with Gasteiger partial charge in [-0.2, -0.15) is 0 Å². The van der Waals surface area contributed by atoms with E-state index in [1.165, 1.54) is 0 Å². The van der Waals surface area contributed by atoms with E-state index in [1.54, 1.807) is 0 Å². The van der Waals surface area contributed by atoms with Crippen LogP contribution in [0.15, 0.2) is 36.4 Å². The van der Waals surface area contributed by atoms with Crippen molar-refractivity contribution >= 4 is 17.1 Å². The molecule has 0 atom stereocenters. The molecule has 0 aliphatic rings. The van der Waals surface area contributed by atoms with E-state index in [4.69, 9.17) is 15.2 Å². The fraction of sp³-hybridized carbons (Fsp3) is 0.294. The topological polar surface area (TPSA) is 56.5 Å². The Morgan fingerprint density at radius 2 is 1.76 bits per heavy atom. The Labute approximate surface area is 125 Å². The van der Waals surface area contributed by atoms with Crippen molar-refractivity contribution in [1.82, 2.24) is 0 Å². The number of nitrogens with two attached hydrogens (primary N) is 1. The van der Waals surface area contributed by atoms with Crippen molar-refractivity contribution in [3.05, 3.63) is 42.0 Å². The summed E-state index contributed by atoms with van der Waals surface area (Å²) in [6.45, 7) is 7.17. The molecule has 4 heteroatoms. The fourth-order valence-corrected chi connectivity index (χ4v) is 2.05. The average molecular weight is 286 g/mol. The summed E-state index contributed by atoms with van der Waals surface area (Å²) in [7, 11) is 0. The Hall–Kier alpha value is -2.36. The fourth-order valence-electron chi connectivity index (χ4n) is 2.05. The molecule has 0 aromatic heterocycles. The third-order valence-electron chi connectivity index (χ3n) is 3.11. The molecule has 0 aliphatic carbocycles. The predicted molar refractivity (Wildman–Crippen MR) is 87.7 cm³/mol. The summed E-state index contributed by atoms with van der Waals surface area (Å²) >= 11 is 0. The third kappa shape index (κ3) is 3.81. The van der Waals surface area contributed by atoms with Crippen molar-refractivity contribution in [1.29, 1.82) is 0 Å². The molecule has 0 amide bonds. The lowest BCUT2D eigenvalue weighted by atomic mass is 10.1. The van der Waals surface area contributed by atoms with Gasteiger partial charge in [-0.05, 0) is 56.7 Å². The summed E-state index contributed by atoms with van der Waals surface area (Å²) in [6, 6.07) is 11.6. The maximum Gasteiger partial charge on any atom is 0.142 e. The Kier molecular flexibility index (Phi) is 4.93. The van der Waals surface area contributed by atoms with E-state index < -0.39 is 0 Å². The molecule has 0 bridgehead atoms. The minimum Gasteiger partial charge on any atom is -0.494 e. The number of hydrogen-bond donors (Lipinski definition) is 2. The van der Waals surface area contributed by atoms with Gasteiger partial charge in [0, 0.05) is 17.4 Å². The number of hydrogen-bond acceptors (Lipinski definition) is 4. The van der Waals surface area contributed by atoms with Crippen molar-refractivity contribution in [3.8, 4) is 11.5 Å². The molecule has 2 aromatic rings. The zero-order chi connectivity index (χ0) is 15.2. The molecule has 0 fully saturated rings. The molecule has 4 nitrogen and oxygen atoms in total. The zero-order valence-corrected chi connectivity index (χ0v) is 12.8. The van der Waals surface area contributed by atoms with Gasteiger partial charge < -0.3 is 20.5 Å². The van der Waals surface area contributed by atoms with E-state index in [0.717, 1.165) is 34.1 Å². The van der Waals surface area contributed by atoms with Gasteiger partial charge in [0.25, 0.3) is 0 Å². The molecule has 2 rings (SSSR count). The van der Waals surface area contributed by atoms with Crippen LogP contribution in [0.25, 0.3) is 0 Å². The zero-order valence-electron chi connectivity index (χ0n) is 12.8. The summed E-state index contributed by atoms with van der Waals surface area (Å²) in [5.41, 5.74) is 9.53. The SMILES string of the molecule is CCOc1ccc(OCC)c(Nc2ccc(N)c(C)c2)c1. The van der Waals surface area contributed by atoms with Crippen molar-refractivity contribution < 1.29 is 9.47 Å². The number of benzene rings is 2. The van der Waals surface area contributed by atoms with Crippen LogP contribution >= 0.6 is 0 Å². The lowest BCUT2D eigenvalue weighted by molar-refractivity contribution is 0.332. The van der Waals surface area contributed by atoms with Gasteiger partial charge in [-0.15, -0.1) is 0 Å². The summed E-state index contributed by atoms with van der Waals surface area (Å²) < 4.78 is 11.2. The van der Waals surface area contributed by atoms with E-state index in [9.17, 15) is 0 Å². The van der Waals surface area contributed by atoms with Gasteiger partial charge in [0.15, 0.2) is 0 Å². The van der Waals surface area contributed by atoms with Crippen molar-refractivity contribution in [2.75, 3.05) is 24.3 Å². The Morgan fingerprint density at radius 1 is 1.00 bits per heavy atom. The van der Waals surface area contributed by atoms with Crippen LogP contribution in [0.5, 0.6) is 11.5 Å². The first-order valence-electron chi connectivity index (χ1n) is 7.16. The van der Waals surface area contributed by atoms with Crippen LogP contribution in [0.1, 0.15) is 19.4 Å². The molecular formula is C17H22N2O2. The first-order chi connectivity index (χ1) is 10.1. The van der Waals surface area contributed by atoms with Gasteiger partial charge in [-0.3, -0.25) is 0 Å². The maximum atomic E-state index is 5.85. The van der Waals surface area contributed by atoms with Crippen LogP contribution in [0, 0.1) is 6.92 Å². The standard InChI is InChI=1S/C17H22N2O2/c1-4-20-14-7-9-17(21-5-2)16(11-14)19-13-6-8-15(18)12(3)10-13/h6-11,19H,4-5,18H2,1-3H3. The molecule has 0 spiro atoms. The molecule has 0 heterocycles. The van der Waals surface area contributed by atoms with Gasteiger partial charge in [0.2, 0.25) is 0 Å². The van der Waals surface area contributed by atoms with Crippen LogP contribution < -0.4 is 20.5 Å². The second kappa shape index (κ2) is 6.88. The second-order valence-corrected chi connectivity index (χ2v) is 4.72. The molecule has 0 aliphatic heterocycles. The van der Waals surface area contributed by atoms with Crippen LogP contribution in [0.3, 0.4) is 0 Å². The molecule has 2 aromatic carbocycles. The Morgan fingerprint density at radius 3 is 2.43 bits per heavy atom. The smallest absolute Gasteiger partial charge is 0.142 e. The summed E-state index contributed by atoms with van der Waals surface area (Å²) in [5.74, 6) is 1.62. The predicted octanol–water partition coefficient (Wildman–Crippen LogP) is 4.12. The van der Waals surface area contributed by atoms with E-state index in [-0.39, 0.29) is 0 Å². The van der Waals surface area contributed by atoms with E-state index in [2.05, 4.69) is 5.32 Å². The van der Waals surface area contributed by atoms with E-state index >= 15 is 0 Å². The number of ether oxygens (including phenoxy) is 2. The summed E-state index contributed by atoms with van der Waals surface area (Å²) in [6.07, 6.45) is 0. The molecule has 112 valence electrons. The lowest BCUT2D eigenvalue weighted by Gasteiger charge is -2.15. The third-order valence-corrected chi connectivity index (χ3v) is 3.11. The number of aryl methyl sites for hydroxylation is 1. The van der Waals surface area contributed by atoms with Gasteiger partial charge in [0.1, 0.15) is 11.5 Å². The largest absolute Gasteiger partial charge is 0.494 e. The minimum absolute atomic E-state index is 0.615. The average Bonchev–Trinajstić information content (AvgIpc) is 2.46. The highest BCUT2D eigenvalue weighted by Crippen LogP contribution is 2.32. The Bertz CT molecular complexity index is 612. The molecule has 3 N–H and O–H groups in total. The molecule has 21 heavy (non-hydrogen) atoms. The first kappa shape index (κ1) is 15.0. The van der Waals surface area contributed by atoms with Gasteiger partial charge in [0.05, 0.1) is 18.9 Å². The van der Waals surface area contributed by atoms with Crippen molar-refractivity contribution in [2.24, 2.45) is 0 Å². The quantitative estimate of drug-likeness (QED) is 0.784. The van der Waals surface area contributed by atoms with Gasteiger partial charge in [-0.25, -0.2) is 0 Å². The van der Waals surface area contributed by atoms with Gasteiger partial charge in [-0.1, -0.05) is 0 Å². The van der Waals surface area contributed by atoms with Crippen LogP contribution in [-0.4, -0.2) is 13.2 Å². The van der Waals surface area contributed by atoms with Crippen LogP contribution in [-0.2, 0) is 0 Å². The molecular weight excluding hydrogens is 264 g/mol. The monoisotopic (exact) mass is 286 g/mol. The highest BCUT2D eigenvalue weighted by molar-refractivity contribution is 5.70. The van der Waals surface area contributed by atoms with E-state index in [1.807, 2.05) is 57.2 Å². The first-order valence-corrected chi connectivity index (χ1v) is 7.16. The Balaban J connectivity index is 2.30. The van der Waals surface area contributed by atoms with Crippen molar-refractivity contribution in [2.45, 2.75) is 20.8 Å². The molecule has 0 radical (unpaired) electrons.